The summed E-state index contributed by atoms with van der Waals surface area (Å²) in [6.45, 7) is 0. The lowest BCUT2D eigenvalue weighted by atomic mass is 10.7. The van der Waals surface area contributed by atoms with Gasteiger partial charge in [0.1, 0.15) is 0 Å². The number of thioether (sulfide) groups is 1. The van der Waals surface area contributed by atoms with E-state index >= 15 is 0 Å². The van der Waals surface area contributed by atoms with Crippen LogP contribution in [0.1, 0.15) is 0 Å². The standard InChI is InChI=1S/C6H10N2S/c1-8-3-2-7-6-9-5-4-8/h2-5,7H,6H2,1H3/b3-2-,5-4?. The minimum absolute atomic E-state index is 0.959. The predicted octanol–water partition coefficient (Wildman–Crippen LogP) is 1.15. The third-order valence-corrected chi connectivity index (χ3v) is 1.63. The molecule has 1 rings (SSSR count). The van der Waals surface area contributed by atoms with Crippen molar-refractivity contribution in [3.05, 3.63) is 24.0 Å². The zero-order chi connectivity index (χ0) is 6.53. The number of hydrogen-bond acceptors (Lipinski definition) is 3. The lowest BCUT2D eigenvalue weighted by molar-refractivity contribution is 0.621. The summed E-state index contributed by atoms with van der Waals surface area (Å²) in [5, 5.41) is 5.17. The van der Waals surface area contributed by atoms with Gasteiger partial charge in [0.05, 0.1) is 5.88 Å². The second kappa shape index (κ2) is 3.45. The molecule has 0 saturated carbocycles. The van der Waals surface area contributed by atoms with Crippen LogP contribution >= 0.6 is 11.8 Å². The van der Waals surface area contributed by atoms with Gasteiger partial charge >= 0.3 is 0 Å². The molecule has 0 atom stereocenters. The predicted molar refractivity (Wildman–Crippen MR) is 41.6 cm³/mol. The largest absolute Gasteiger partial charge is 0.380 e. The first-order valence-corrected chi connectivity index (χ1v) is 3.85. The van der Waals surface area contributed by atoms with Gasteiger partial charge in [0, 0.05) is 25.6 Å². The van der Waals surface area contributed by atoms with Crippen molar-refractivity contribution in [2.24, 2.45) is 0 Å². The highest BCUT2D eigenvalue weighted by Gasteiger charge is 1.85. The van der Waals surface area contributed by atoms with E-state index in [1.165, 1.54) is 0 Å². The van der Waals surface area contributed by atoms with Crippen LogP contribution in [0.15, 0.2) is 24.0 Å². The molecule has 1 N–H and O–H groups in total. The van der Waals surface area contributed by atoms with Crippen LogP contribution < -0.4 is 5.32 Å². The van der Waals surface area contributed by atoms with Crippen LogP contribution in [0.25, 0.3) is 0 Å². The Hall–Kier alpha value is -0.570. The third-order valence-electron chi connectivity index (χ3n) is 0.986. The average molecular weight is 142 g/mol. The van der Waals surface area contributed by atoms with E-state index < -0.39 is 0 Å². The van der Waals surface area contributed by atoms with Crippen LogP contribution in [0.5, 0.6) is 0 Å². The molecule has 0 aromatic heterocycles. The Morgan fingerprint density at radius 3 is 3.33 bits per heavy atom. The Morgan fingerprint density at radius 1 is 1.56 bits per heavy atom. The molecule has 0 aromatic carbocycles. The van der Waals surface area contributed by atoms with Gasteiger partial charge in [-0.2, -0.15) is 0 Å². The maximum absolute atomic E-state index is 3.11. The molecule has 9 heavy (non-hydrogen) atoms. The average Bonchev–Trinajstić information content (AvgIpc) is 1.79. The van der Waals surface area contributed by atoms with Gasteiger partial charge < -0.3 is 10.2 Å². The molecule has 0 aromatic rings. The molecular weight excluding hydrogens is 132 g/mol. The summed E-state index contributed by atoms with van der Waals surface area (Å²) < 4.78 is 0. The lowest BCUT2D eigenvalue weighted by Crippen LogP contribution is -2.08. The van der Waals surface area contributed by atoms with E-state index in [0.29, 0.717) is 0 Å². The van der Waals surface area contributed by atoms with E-state index in [1.54, 1.807) is 11.8 Å². The van der Waals surface area contributed by atoms with E-state index in [-0.39, 0.29) is 0 Å². The molecule has 1 aliphatic rings. The van der Waals surface area contributed by atoms with Crippen LogP contribution in [0, 0.1) is 0 Å². The molecule has 0 radical (unpaired) electrons. The van der Waals surface area contributed by atoms with Gasteiger partial charge in [-0.15, -0.1) is 11.8 Å². The number of nitrogens with zero attached hydrogens (tertiary/aromatic N) is 1. The number of nitrogens with one attached hydrogen (secondary N) is 1. The van der Waals surface area contributed by atoms with Gasteiger partial charge in [-0.1, -0.05) is 0 Å². The smallest absolute Gasteiger partial charge is 0.0646 e. The summed E-state index contributed by atoms with van der Waals surface area (Å²) in [7, 11) is 2.00. The highest BCUT2D eigenvalue weighted by Crippen LogP contribution is 2.02. The van der Waals surface area contributed by atoms with E-state index in [9.17, 15) is 0 Å². The van der Waals surface area contributed by atoms with Gasteiger partial charge in [0.15, 0.2) is 0 Å². The normalized spacial score (nSPS) is 22.1. The molecule has 0 aliphatic carbocycles. The van der Waals surface area contributed by atoms with Crippen molar-refractivity contribution in [1.29, 1.82) is 0 Å². The van der Waals surface area contributed by atoms with Gasteiger partial charge in [-0.05, 0) is 5.41 Å². The molecule has 0 saturated heterocycles. The van der Waals surface area contributed by atoms with Crippen molar-refractivity contribution < 1.29 is 0 Å². The molecule has 0 spiro atoms. The van der Waals surface area contributed by atoms with E-state index in [4.69, 9.17) is 0 Å². The van der Waals surface area contributed by atoms with Crippen molar-refractivity contribution in [2.75, 3.05) is 12.9 Å². The molecule has 0 amide bonds. The third kappa shape index (κ3) is 2.46. The first-order chi connectivity index (χ1) is 4.39. The van der Waals surface area contributed by atoms with Crippen molar-refractivity contribution in [2.45, 2.75) is 0 Å². The monoisotopic (exact) mass is 142 g/mol. The molecule has 50 valence electrons. The Kier molecular flexibility index (Phi) is 2.51. The fraction of sp³-hybridized carbons (Fsp3) is 0.333. The number of hydrogen-bond donors (Lipinski definition) is 1. The fourth-order valence-electron chi connectivity index (χ4n) is 0.503. The molecular formula is C6H10N2S. The topological polar surface area (TPSA) is 15.3 Å². The van der Waals surface area contributed by atoms with E-state index in [0.717, 1.165) is 5.88 Å². The summed E-state index contributed by atoms with van der Waals surface area (Å²) in [5.41, 5.74) is 0. The first kappa shape index (κ1) is 6.55. The molecule has 0 fully saturated rings. The summed E-state index contributed by atoms with van der Waals surface area (Å²) in [6.07, 6.45) is 5.95. The Morgan fingerprint density at radius 2 is 2.44 bits per heavy atom. The number of rotatable bonds is 0. The Bertz CT molecular complexity index is 117. The first-order valence-electron chi connectivity index (χ1n) is 2.80. The highest BCUT2D eigenvalue weighted by molar-refractivity contribution is 8.02. The van der Waals surface area contributed by atoms with Gasteiger partial charge in [0.2, 0.25) is 0 Å². The van der Waals surface area contributed by atoms with Crippen molar-refractivity contribution >= 4 is 11.8 Å². The second-order valence-electron chi connectivity index (χ2n) is 1.78. The summed E-state index contributed by atoms with van der Waals surface area (Å²) in [4.78, 5) is 2.00. The van der Waals surface area contributed by atoms with Crippen LogP contribution in [-0.2, 0) is 0 Å². The lowest BCUT2D eigenvalue weighted by Gasteiger charge is -2.09. The molecule has 2 nitrogen and oxygen atoms in total. The maximum atomic E-state index is 3.11. The van der Waals surface area contributed by atoms with Crippen molar-refractivity contribution in [1.82, 2.24) is 10.2 Å². The Labute approximate surface area is 59.6 Å². The van der Waals surface area contributed by atoms with Crippen LogP contribution in [0.3, 0.4) is 0 Å². The molecule has 0 unspecified atom stereocenters. The summed E-state index contributed by atoms with van der Waals surface area (Å²) >= 11 is 1.75. The minimum atomic E-state index is 0.959. The Balaban J connectivity index is 2.44. The minimum Gasteiger partial charge on any atom is -0.380 e. The van der Waals surface area contributed by atoms with E-state index in [2.05, 4.69) is 10.7 Å². The molecule has 0 bridgehead atoms. The van der Waals surface area contributed by atoms with Gasteiger partial charge in [-0.3, -0.25) is 0 Å². The zero-order valence-corrected chi connectivity index (χ0v) is 6.19. The van der Waals surface area contributed by atoms with Crippen molar-refractivity contribution in [3.8, 4) is 0 Å². The van der Waals surface area contributed by atoms with Crippen LogP contribution in [-0.4, -0.2) is 17.8 Å². The quantitative estimate of drug-likeness (QED) is 0.546. The van der Waals surface area contributed by atoms with Gasteiger partial charge in [-0.25, -0.2) is 0 Å². The van der Waals surface area contributed by atoms with Crippen LogP contribution in [0.4, 0.5) is 0 Å². The summed E-state index contributed by atoms with van der Waals surface area (Å²) in [5.74, 6) is 0.959. The van der Waals surface area contributed by atoms with E-state index in [1.807, 2.05) is 30.5 Å². The molecule has 3 heteroatoms. The second-order valence-corrected chi connectivity index (χ2v) is 2.68. The molecule has 1 aliphatic heterocycles. The van der Waals surface area contributed by atoms with Crippen LogP contribution in [0.2, 0.25) is 0 Å². The van der Waals surface area contributed by atoms with Gasteiger partial charge in [0.25, 0.3) is 0 Å². The zero-order valence-electron chi connectivity index (χ0n) is 5.37. The maximum Gasteiger partial charge on any atom is 0.0646 e. The summed E-state index contributed by atoms with van der Waals surface area (Å²) in [6, 6.07) is 0. The SMILES string of the molecule is CN1C=CSCN/C=C\1. The molecule has 1 heterocycles. The fourth-order valence-corrected chi connectivity index (χ4v) is 1.07. The highest BCUT2D eigenvalue weighted by atomic mass is 32.2. The van der Waals surface area contributed by atoms with Crippen molar-refractivity contribution in [3.63, 3.8) is 0 Å².